The maximum absolute atomic E-state index is 12.0. The SMILES string of the molecule is CCCOc1ccc(C(=O)CCC(=O)Nc2nccs2)cc1. The maximum Gasteiger partial charge on any atom is 0.226 e. The molecule has 0 aliphatic heterocycles. The molecule has 116 valence electrons. The number of hydrogen-bond donors (Lipinski definition) is 1. The molecule has 5 nitrogen and oxygen atoms in total. The molecule has 0 saturated heterocycles. The molecule has 0 atom stereocenters. The van der Waals surface area contributed by atoms with Crippen LogP contribution in [-0.2, 0) is 4.79 Å². The molecule has 22 heavy (non-hydrogen) atoms. The van der Waals surface area contributed by atoms with Crippen LogP contribution in [0.4, 0.5) is 5.13 Å². The van der Waals surface area contributed by atoms with E-state index < -0.39 is 0 Å². The predicted molar refractivity (Wildman–Crippen MR) is 86.5 cm³/mol. The lowest BCUT2D eigenvalue weighted by Gasteiger charge is -2.05. The summed E-state index contributed by atoms with van der Waals surface area (Å²) in [5.41, 5.74) is 0.589. The van der Waals surface area contributed by atoms with Crippen molar-refractivity contribution < 1.29 is 14.3 Å². The summed E-state index contributed by atoms with van der Waals surface area (Å²) >= 11 is 1.35. The molecule has 1 heterocycles. The van der Waals surface area contributed by atoms with Gasteiger partial charge in [-0.05, 0) is 30.7 Å². The fourth-order valence-electron chi connectivity index (χ4n) is 1.80. The number of nitrogens with one attached hydrogen (secondary N) is 1. The Balaban J connectivity index is 1.80. The number of Topliss-reactive ketones (excluding diaryl/α,β-unsaturated/α-hetero) is 1. The summed E-state index contributed by atoms with van der Waals surface area (Å²) in [5.74, 6) is 0.488. The van der Waals surface area contributed by atoms with Gasteiger partial charge in [0.15, 0.2) is 10.9 Å². The Bertz CT molecular complexity index is 609. The number of amides is 1. The van der Waals surface area contributed by atoms with Crippen LogP contribution in [0.1, 0.15) is 36.5 Å². The summed E-state index contributed by atoms with van der Waals surface area (Å²) in [6.07, 6.45) is 2.88. The van der Waals surface area contributed by atoms with Gasteiger partial charge in [-0.1, -0.05) is 6.92 Å². The average Bonchev–Trinajstić information content (AvgIpc) is 3.04. The van der Waals surface area contributed by atoms with Crippen molar-refractivity contribution >= 4 is 28.2 Å². The van der Waals surface area contributed by atoms with Gasteiger partial charge in [0.2, 0.25) is 5.91 Å². The summed E-state index contributed by atoms with van der Waals surface area (Å²) in [5, 5.41) is 4.99. The van der Waals surface area contributed by atoms with E-state index in [9.17, 15) is 9.59 Å². The normalized spacial score (nSPS) is 10.2. The van der Waals surface area contributed by atoms with Gasteiger partial charge in [0.25, 0.3) is 0 Å². The van der Waals surface area contributed by atoms with Crippen molar-refractivity contribution in [1.82, 2.24) is 4.98 Å². The highest BCUT2D eigenvalue weighted by Gasteiger charge is 2.10. The third-order valence-electron chi connectivity index (χ3n) is 2.91. The molecule has 0 aliphatic carbocycles. The summed E-state index contributed by atoms with van der Waals surface area (Å²) in [7, 11) is 0. The number of aromatic nitrogens is 1. The van der Waals surface area contributed by atoms with Crippen LogP contribution in [0.2, 0.25) is 0 Å². The van der Waals surface area contributed by atoms with Crippen molar-refractivity contribution in [3.8, 4) is 5.75 Å². The standard InChI is InChI=1S/C16H18N2O3S/c1-2-10-21-13-5-3-12(4-6-13)14(19)7-8-15(20)18-16-17-9-11-22-16/h3-6,9,11H,2,7-8,10H2,1H3,(H,17,18,20). The van der Waals surface area contributed by atoms with Crippen LogP contribution < -0.4 is 10.1 Å². The maximum atomic E-state index is 12.0. The first-order valence-electron chi connectivity index (χ1n) is 7.14. The van der Waals surface area contributed by atoms with Gasteiger partial charge < -0.3 is 10.1 Å². The quantitative estimate of drug-likeness (QED) is 0.756. The van der Waals surface area contributed by atoms with E-state index in [0.29, 0.717) is 17.3 Å². The molecule has 1 amide bonds. The molecule has 6 heteroatoms. The highest BCUT2D eigenvalue weighted by molar-refractivity contribution is 7.13. The number of carbonyl (C=O) groups is 2. The number of hydrogen-bond acceptors (Lipinski definition) is 5. The number of ether oxygens (including phenoxy) is 1. The predicted octanol–water partition coefficient (Wildman–Crippen LogP) is 3.53. The first-order valence-corrected chi connectivity index (χ1v) is 8.02. The van der Waals surface area contributed by atoms with Gasteiger partial charge >= 0.3 is 0 Å². The Morgan fingerprint density at radius 1 is 1.23 bits per heavy atom. The lowest BCUT2D eigenvalue weighted by molar-refractivity contribution is -0.116. The molecule has 1 aromatic heterocycles. The fourth-order valence-corrected chi connectivity index (χ4v) is 2.34. The van der Waals surface area contributed by atoms with Gasteiger partial charge in [0.1, 0.15) is 5.75 Å². The zero-order chi connectivity index (χ0) is 15.8. The van der Waals surface area contributed by atoms with Gasteiger partial charge in [-0.15, -0.1) is 11.3 Å². The van der Waals surface area contributed by atoms with E-state index in [1.165, 1.54) is 11.3 Å². The largest absolute Gasteiger partial charge is 0.494 e. The van der Waals surface area contributed by atoms with E-state index in [-0.39, 0.29) is 24.5 Å². The first-order chi connectivity index (χ1) is 10.7. The van der Waals surface area contributed by atoms with E-state index in [4.69, 9.17) is 4.74 Å². The van der Waals surface area contributed by atoms with E-state index in [2.05, 4.69) is 10.3 Å². The Morgan fingerprint density at radius 3 is 2.64 bits per heavy atom. The summed E-state index contributed by atoms with van der Waals surface area (Å²) < 4.78 is 5.47. The minimum atomic E-state index is -0.203. The van der Waals surface area contributed by atoms with Crippen molar-refractivity contribution in [2.75, 3.05) is 11.9 Å². The number of rotatable bonds is 8. The molecule has 0 radical (unpaired) electrons. The first kappa shape index (κ1) is 16.2. The van der Waals surface area contributed by atoms with Crippen LogP contribution in [-0.4, -0.2) is 23.3 Å². The fraction of sp³-hybridized carbons (Fsp3) is 0.312. The number of nitrogens with zero attached hydrogens (tertiary/aromatic N) is 1. The molecule has 0 fully saturated rings. The van der Waals surface area contributed by atoms with E-state index >= 15 is 0 Å². The lowest BCUT2D eigenvalue weighted by atomic mass is 10.1. The molecule has 0 unspecified atom stereocenters. The monoisotopic (exact) mass is 318 g/mol. The molecule has 2 rings (SSSR count). The van der Waals surface area contributed by atoms with E-state index in [1.807, 2.05) is 6.92 Å². The third-order valence-corrected chi connectivity index (χ3v) is 3.60. The minimum Gasteiger partial charge on any atom is -0.494 e. The molecule has 0 bridgehead atoms. The average molecular weight is 318 g/mol. The highest BCUT2D eigenvalue weighted by Crippen LogP contribution is 2.15. The van der Waals surface area contributed by atoms with Crippen molar-refractivity contribution in [1.29, 1.82) is 0 Å². The van der Waals surface area contributed by atoms with Crippen molar-refractivity contribution in [2.45, 2.75) is 26.2 Å². The molecule has 0 aliphatic rings. The molecular weight excluding hydrogens is 300 g/mol. The molecular formula is C16H18N2O3S. The van der Waals surface area contributed by atoms with Gasteiger partial charge in [-0.25, -0.2) is 4.98 Å². The second-order valence-electron chi connectivity index (χ2n) is 4.68. The molecule has 1 N–H and O–H groups in total. The second-order valence-corrected chi connectivity index (χ2v) is 5.58. The number of anilines is 1. The zero-order valence-corrected chi connectivity index (χ0v) is 13.2. The van der Waals surface area contributed by atoms with Crippen molar-refractivity contribution in [2.24, 2.45) is 0 Å². The van der Waals surface area contributed by atoms with Crippen LogP contribution in [0.5, 0.6) is 5.75 Å². The van der Waals surface area contributed by atoms with Gasteiger partial charge in [0, 0.05) is 30.0 Å². The summed E-state index contributed by atoms with van der Waals surface area (Å²) in [6, 6.07) is 7.01. The van der Waals surface area contributed by atoms with Crippen molar-refractivity contribution in [3.05, 3.63) is 41.4 Å². The smallest absolute Gasteiger partial charge is 0.226 e. The van der Waals surface area contributed by atoms with Crippen molar-refractivity contribution in [3.63, 3.8) is 0 Å². The Labute approximate surface area is 133 Å². The molecule has 2 aromatic rings. The zero-order valence-electron chi connectivity index (χ0n) is 12.4. The van der Waals surface area contributed by atoms with Crippen LogP contribution in [0.15, 0.2) is 35.8 Å². The van der Waals surface area contributed by atoms with Crippen LogP contribution in [0.25, 0.3) is 0 Å². The van der Waals surface area contributed by atoms with E-state index in [0.717, 1.165) is 12.2 Å². The molecule has 1 aromatic carbocycles. The lowest BCUT2D eigenvalue weighted by Crippen LogP contribution is -2.13. The summed E-state index contributed by atoms with van der Waals surface area (Å²) in [6.45, 7) is 2.69. The number of thiazole rings is 1. The van der Waals surface area contributed by atoms with Crippen LogP contribution >= 0.6 is 11.3 Å². The van der Waals surface area contributed by atoms with E-state index in [1.54, 1.807) is 35.8 Å². The molecule has 0 spiro atoms. The Hall–Kier alpha value is -2.21. The minimum absolute atomic E-state index is 0.0590. The van der Waals surface area contributed by atoms with Crippen LogP contribution in [0, 0.1) is 0 Å². The summed E-state index contributed by atoms with van der Waals surface area (Å²) in [4.78, 5) is 27.7. The van der Waals surface area contributed by atoms with Gasteiger partial charge in [-0.2, -0.15) is 0 Å². The van der Waals surface area contributed by atoms with Gasteiger partial charge in [0.05, 0.1) is 6.61 Å². The highest BCUT2D eigenvalue weighted by atomic mass is 32.1. The molecule has 0 saturated carbocycles. The topological polar surface area (TPSA) is 68.3 Å². The number of benzene rings is 1. The second kappa shape index (κ2) is 8.29. The van der Waals surface area contributed by atoms with Crippen LogP contribution in [0.3, 0.4) is 0 Å². The third kappa shape index (κ3) is 4.96. The Kier molecular flexibility index (Phi) is 6.09. The van der Waals surface area contributed by atoms with Gasteiger partial charge in [-0.3, -0.25) is 9.59 Å². The number of carbonyl (C=O) groups excluding carboxylic acids is 2. The number of ketones is 1. The Morgan fingerprint density at radius 2 is 2.00 bits per heavy atom.